The largest absolute Gasteiger partial charge is 0.496 e. The molecule has 1 atom stereocenters. The van der Waals surface area contributed by atoms with Crippen LogP contribution in [0.25, 0.3) is 0 Å². The molecule has 0 bridgehead atoms. The van der Waals surface area contributed by atoms with Crippen LogP contribution >= 0.6 is 0 Å². The number of hydrogen-bond donors (Lipinski definition) is 1. The molecule has 1 N–H and O–H groups in total. The zero-order chi connectivity index (χ0) is 17.6. The first-order valence-electron chi connectivity index (χ1n) is 8.88. The third kappa shape index (κ3) is 4.13. The van der Waals surface area contributed by atoms with Crippen LogP contribution in [0.15, 0.2) is 48.5 Å². The summed E-state index contributed by atoms with van der Waals surface area (Å²) >= 11 is 0. The third-order valence-corrected chi connectivity index (χ3v) is 4.91. The Labute approximate surface area is 149 Å². The van der Waals surface area contributed by atoms with Crippen molar-refractivity contribution in [2.45, 2.75) is 31.6 Å². The van der Waals surface area contributed by atoms with Gasteiger partial charge in [0, 0.05) is 24.3 Å². The van der Waals surface area contributed by atoms with Crippen LogP contribution in [0.5, 0.6) is 5.75 Å². The summed E-state index contributed by atoms with van der Waals surface area (Å²) < 4.78 is 5.34. The van der Waals surface area contributed by atoms with Gasteiger partial charge in [0.05, 0.1) is 13.0 Å². The topological polar surface area (TPSA) is 49.8 Å². The van der Waals surface area contributed by atoms with Gasteiger partial charge in [0.2, 0.25) is 0 Å². The first kappa shape index (κ1) is 17.3. The van der Waals surface area contributed by atoms with Crippen molar-refractivity contribution in [3.8, 4) is 5.75 Å². The molecule has 3 rings (SSSR count). The highest BCUT2D eigenvalue weighted by atomic mass is 16.5. The molecule has 4 nitrogen and oxygen atoms in total. The Morgan fingerprint density at radius 2 is 1.76 bits per heavy atom. The Morgan fingerprint density at radius 3 is 2.40 bits per heavy atom. The van der Waals surface area contributed by atoms with Crippen molar-refractivity contribution in [3.63, 3.8) is 0 Å². The maximum Gasteiger partial charge on any atom is 0.311 e. The number of aliphatic carboxylic acids is 1. The molecule has 0 spiro atoms. The predicted molar refractivity (Wildman–Crippen MR) is 99.6 cm³/mol. The minimum atomic E-state index is -0.829. The standard InChI is InChI=1S/C21H25NO3/c1-25-20-8-4-3-7-18(20)19(21(23)24)15-16-9-11-17(12-10-16)22-13-5-2-6-14-22/h3-4,7-12,19H,2,5-6,13-15H2,1H3,(H,23,24). The van der Waals surface area contributed by atoms with Gasteiger partial charge >= 0.3 is 5.97 Å². The van der Waals surface area contributed by atoms with Crippen molar-refractivity contribution < 1.29 is 14.6 Å². The number of anilines is 1. The highest BCUT2D eigenvalue weighted by Crippen LogP contribution is 2.30. The number of rotatable bonds is 6. The van der Waals surface area contributed by atoms with E-state index in [-0.39, 0.29) is 0 Å². The molecule has 0 amide bonds. The van der Waals surface area contributed by atoms with Gasteiger partial charge in [0.15, 0.2) is 0 Å². The third-order valence-electron chi connectivity index (χ3n) is 4.91. The van der Waals surface area contributed by atoms with Gasteiger partial charge in [-0.1, -0.05) is 30.3 Å². The van der Waals surface area contributed by atoms with E-state index in [2.05, 4.69) is 29.2 Å². The molecule has 0 aromatic heterocycles. The lowest BCUT2D eigenvalue weighted by Crippen LogP contribution is -2.29. The molecule has 1 aliphatic rings. The summed E-state index contributed by atoms with van der Waals surface area (Å²) in [7, 11) is 1.57. The molecule has 2 aromatic carbocycles. The Kier molecular flexibility index (Phi) is 5.59. The summed E-state index contributed by atoms with van der Waals surface area (Å²) in [5, 5.41) is 9.70. The van der Waals surface area contributed by atoms with Crippen LogP contribution in [-0.4, -0.2) is 31.3 Å². The molecule has 1 saturated heterocycles. The monoisotopic (exact) mass is 339 g/mol. The van der Waals surface area contributed by atoms with Crippen LogP contribution in [-0.2, 0) is 11.2 Å². The summed E-state index contributed by atoms with van der Waals surface area (Å²) in [6, 6.07) is 15.7. The quantitative estimate of drug-likeness (QED) is 0.861. The smallest absolute Gasteiger partial charge is 0.311 e. The van der Waals surface area contributed by atoms with Crippen molar-refractivity contribution in [1.29, 1.82) is 0 Å². The number of carbonyl (C=O) groups is 1. The van der Waals surface area contributed by atoms with Crippen LogP contribution in [0.2, 0.25) is 0 Å². The Balaban J connectivity index is 1.77. The summed E-state index contributed by atoms with van der Waals surface area (Å²) in [5.74, 6) is -0.818. The number of carboxylic acids is 1. The van der Waals surface area contributed by atoms with Gasteiger partial charge in [-0.2, -0.15) is 0 Å². The fraction of sp³-hybridized carbons (Fsp3) is 0.381. The highest BCUT2D eigenvalue weighted by molar-refractivity contribution is 5.77. The van der Waals surface area contributed by atoms with Gasteiger partial charge in [-0.3, -0.25) is 4.79 Å². The summed E-state index contributed by atoms with van der Waals surface area (Å²) in [5.41, 5.74) is 2.98. The van der Waals surface area contributed by atoms with E-state index in [0.717, 1.165) is 24.2 Å². The Hall–Kier alpha value is -2.49. The highest BCUT2D eigenvalue weighted by Gasteiger charge is 2.23. The number of para-hydroxylation sites is 1. The molecule has 2 aromatic rings. The molecule has 25 heavy (non-hydrogen) atoms. The fourth-order valence-corrected chi connectivity index (χ4v) is 3.52. The van der Waals surface area contributed by atoms with E-state index < -0.39 is 11.9 Å². The minimum Gasteiger partial charge on any atom is -0.496 e. The molecule has 1 unspecified atom stereocenters. The fourth-order valence-electron chi connectivity index (χ4n) is 3.52. The van der Waals surface area contributed by atoms with E-state index >= 15 is 0 Å². The second-order valence-electron chi connectivity index (χ2n) is 6.55. The maximum atomic E-state index is 11.8. The average molecular weight is 339 g/mol. The van der Waals surface area contributed by atoms with Crippen molar-refractivity contribution in [1.82, 2.24) is 0 Å². The van der Waals surface area contributed by atoms with Crippen LogP contribution in [0, 0.1) is 0 Å². The van der Waals surface area contributed by atoms with Crippen LogP contribution in [0.3, 0.4) is 0 Å². The summed E-state index contributed by atoms with van der Waals surface area (Å²) in [6.45, 7) is 2.22. The van der Waals surface area contributed by atoms with Gasteiger partial charge in [-0.05, 0) is 49.4 Å². The SMILES string of the molecule is COc1ccccc1C(Cc1ccc(N2CCCCC2)cc1)C(=O)O. The number of nitrogens with zero attached hydrogens (tertiary/aromatic N) is 1. The first-order chi connectivity index (χ1) is 12.2. The summed E-state index contributed by atoms with van der Waals surface area (Å²) in [6.07, 6.45) is 4.26. The number of hydrogen-bond acceptors (Lipinski definition) is 3. The summed E-state index contributed by atoms with van der Waals surface area (Å²) in [4.78, 5) is 14.2. The number of ether oxygens (including phenoxy) is 1. The van der Waals surface area contributed by atoms with Crippen molar-refractivity contribution in [3.05, 3.63) is 59.7 Å². The van der Waals surface area contributed by atoms with Gasteiger partial charge in [-0.25, -0.2) is 0 Å². The van der Waals surface area contributed by atoms with Gasteiger partial charge < -0.3 is 14.7 Å². The molecule has 0 saturated carbocycles. The van der Waals surface area contributed by atoms with Crippen LogP contribution in [0.4, 0.5) is 5.69 Å². The normalized spacial score (nSPS) is 15.6. The van der Waals surface area contributed by atoms with Gasteiger partial charge in [0.1, 0.15) is 5.75 Å². The van der Waals surface area contributed by atoms with E-state index in [9.17, 15) is 9.90 Å². The molecule has 132 valence electrons. The molecule has 1 aliphatic heterocycles. The molecular formula is C21H25NO3. The number of carboxylic acid groups (broad SMARTS) is 1. The molecule has 0 aliphatic carbocycles. The van der Waals surface area contributed by atoms with E-state index in [1.807, 2.05) is 24.3 Å². The van der Waals surface area contributed by atoms with Crippen LogP contribution < -0.4 is 9.64 Å². The molecule has 1 fully saturated rings. The van der Waals surface area contributed by atoms with E-state index in [1.165, 1.54) is 24.9 Å². The Morgan fingerprint density at radius 1 is 1.08 bits per heavy atom. The number of benzene rings is 2. The molecule has 1 heterocycles. The molecule has 4 heteroatoms. The zero-order valence-corrected chi connectivity index (χ0v) is 14.6. The van der Waals surface area contributed by atoms with Crippen molar-refractivity contribution in [2.75, 3.05) is 25.1 Å². The maximum absolute atomic E-state index is 11.8. The lowest BCUT2D eigenvalue weighted by molar-refractivity contribution is -0.138. The molecular weight excluding hydrogens is 314 g/mol. The number of piperidine rings is 1. The lowest BCUT2D eigenvalue weighted by atomic mass is 9.91. The predicted octanol–water partition coefficient (Wildman–Crippen LogP) is 4.10. The Bertz CT molecular complexity index is 705. The van der Waals surface area contributed by atoms with E-state index in [0.29, 0.717) is 12.2 Å². The zero-order valence-electron chi connectivity index (χ0n) is 14.6. The van der Waals surface area contributed by atoms with E-state index in [1.54, 1.807) is 7.11 Å². The minimum absolute atomic E-state index is 0.454. The van der Waals surface area contributed by atoms with Gasteiger partial charge in [0.25, 0.3) is 0 Å². The van der Waals surface area contributed by atoms with Crippen molar-refractivity contribution >= 4 is 11.7 Å². The van der Waals surface area contributed by atoms with Crippen LogP contribution in [0.1, 0.15) is 36.3 Å². The first-order valence-corrected chi connectivity index (χ1v) is 8.88. The second-order valence-corrected chi connectivity index (χ2v) is 6.55. The average Bonchev–Trinajstić information content (AvgIpc) is 2.67. The van der Waals surface area contributed by atoms with Crippen molar-refractivity contribution in [2.24, 2.45) is 0 Å². The van der Waals surface area contributed by atoms with Gasteiger partial charge in [-0.15, -0.1) is 0 Å². The number of methoxy groups -OCH3 is 1. The second kappa shape index (κ2) is 8.06. The van der Waals surface area contributed by atoms with E-state index in [4.69, 9.17) is 4.74 Å². The lowest BCUT2D eigenvalue weighted by Gasteiger charge is -2.29. The molecule has 0 radical (unpaired) electrons.